The van der Waals surface area contributed by atoms with Crippen molar-refractivity contribution in [2.24, 2.45) is 0 Å². The molecule has 1 aromatic rings. The van der Waals surface area contributed by atoms with E-state index in [9.17, 15) is 13.2 Å². The normalized spacial score (nSPS) is 10.3. The van der Waals surface area contributed by atoms with E-state index in [-0.39, 0.29) is 4.90 Å². The van der Waals surface area contributed by atoms with E-state index in [0.717, 1.165) is 0 Å². The first-order valence-corrected chi connectivity index (χ1v) is 3.49. The Bertz CT molecular complexity index is 272. The number of halogens is 3. The van der Waals surface area contributed by atoms with E-state index in [1.165, 1.54) is 0 Å². The highest BCUT2D eigenvalue weighted by molar-refractivity contribution is 7.83. The lowest BCUT2D eigenvalue weighted by Gasteiger charge is -2.01. The fourth-order valence-electron chi connectivity index (χ4n) is 0.573. The molecule has 0 saturated carbocycles. The molecule has 5 heteroatoms. The van der Waals surface area contributed by atoms with Crippen molar-refractivity contribution in [1.82, 2.24) is 0 Å². The van der Waals surface area contributed by atoms with Crippen LogP contribution in [0.4, 0.5) is 13.2 Å². The Hall–Kier alpha value is -0.290. The third-order valence-corrected chi connectivity index (χ3v) is 2.16. The van der Waals surface area contributed by atoms with Crippen LogP contribution in [-0.4, -0.2) is 0 Å². The van der Waals surface area contributed by atoms with Crippen LogP contribution in [0.2, 0.25) is 0 Å². The van der Waals surface area contributed by atoms with E-state index in [0.29, 0.717) is 6.07 Å². The topological polar surface area (TPSA) is 0 Å². The van der Waals surface area contributed by atoms with Crippen molar-refractivity contribution in [3.05, 3.63) is 23.5 Å². The Morgan fingerprint density at radius 3 is 2.00 bits per heavy atom. The quantitative estimate of drug-likeness (QED) is 0.462. The summed E-state index contributed by atoms with van der Waals surface area (Å²) in [6, 6.07) is 0.428. The Balaban J connectivity index is 3.46. The largest absolute Gasteiger partial charge is 0.206 e. The molecule has 0 heterocycles. The molecule has 0 bridgehead atoms. The first-order valence-electron chi connectivity index (χ1n) is 2.59. The van der Waals surface area contributed by atoms with Gasteiger partial charge in [0.25, 0.3) is 0 Å². The van der Waals surface area contributed by atoms with Crippen LogP contribution in [0.25, 0.3) is 0 Å². The molecule has 60 valence electrons. The van der Waals surface area contributed by atoms with E-state index < -0.39 is 22.3 Å². The summed E-state index contributed by atoms with van der Waals surface area (Å²) < 4.78 is 37.3. The number of rotatable bonds is 0. The van der Waals surface area contributed by atoms with Gasteiger partial charge in [-0.05, 0) is 0 Å². The predicted octanol–water partition coefficient (Wildman–Crippen LogP) is 2.68. The van der Waals surface area contributed by atoms with Gasteiger partial charge in [-0.3, -0.25) is 0 Å². The smallest absolute Gasteiger partial charge is 0.173 e. The maximum absolute atomic E-state index is 12.5. The zero-order valence-electron chi connectivity index (χ0n) is 5.11. The van der Waals surface area contributed by atoms with Gasteiger partial charge in [0.15, 0.2) is 11.6 Å². The number of hydrogen-bond donors (Lipinski definition) is 2. The molecule has 1 aromatic carbocycles. The predicted molar refractivity (Wildman–Crippen MR) is 40.8 cm³/mol. The average Bonchev–Trinajstić information content (AvgIpc) is 1.97. The zero-order valence-corrected chi connectivity index (χ0v) is 6.89. The van der Waals surface area contributed by atoms with Crippen LogP contribution < -0.4 is 0 Å². The minimum Gasteiger partial charge on any atom is -0.206 e. The summed E-state index contributed by atoms with van der Waals surface area (Å²) in [4.78, 5) is -0.696. The third-order valence-electron chi connectivity index (χ3n) is 1.12. The van der Waals surface area contributed by atoms with Crippen molar-refractivity contribution in [1.29, 1.82) is 0 Å². The van der Waals surface area contributed by atoms with Gasteiger partial charge in [0.1, 0.15) is 5.82 Å². The van der Waals surface area contributed by atoms with Crippen LogP contribution >= 0.6 is 25.3 Å². The van der Waals surface area contributed by atoms with Gasteiger partial charge >= 0.3 is 0 Å². The Morgan fingerprint density at radius 2 is 1.45 bits per heavy atom. The number of thiol groups is 2. The maximum atomic E-state index is 12.5. The number of hydrogen-bond acceptors (Lipinski definition) is 2. The SMILES string of the molecule is Fc1cc(F)c(S)c(S)c1F. The first-order chi connectivity index (χ1) is 5.04. The number of benzene rings is 1. The summed E-state index contributed by atoms with van der Waals surface area (Å²) in [5.41, 5.74) is 0. The highest BCUT2D eigenvalue weighted by Gasteiger charge is 2.12. The van der Waals surface area contributed by atoms with E-state index in [2.05, 4.69) is 25.3 Å². The molecular formula is C6H3F3S2. The minimum absolute atomic E-state index is 0.285. The van der Waals surface area contributed by atoms with E-state index in [1.54, 1.807) is 0 Å². The van der Waals surface area contributed by atoms with Gasteiger partial charge in [-0.25, -0.2) is 13.2 Å². The summed E-state index contributed by atoms with van der Waals surface area (Å²) in [6.07, 6.45) is 0. The van der Waals surface area contributed by atoms with Gasteiger partial charge in [0, 0.05) is 6.07 Å². The molecule has 0 unspecified atom stereocenters. The summed E-state index contributed by atoms with van der Waals surface area (Å²) in [5.74, 6) is -3.36. The van der Waals surface area contributed by atoms with Gasteiger partial charge in [0.2, 0.25) is 0 Å². The summed E-state index contributed by atoms with van der Waals surface area (Å²) in [6.45, 7) is 0. The van der Waals surface area contributed by atoms with Gasteiger partial charge in [-0.1, -0.05) is 0 Å². The van der Waals surface area contributed by atoms with Gasteiger partial charge in [0.05, 0.1) is 9.79 Å². The molecule has 0 fully saturated rings. The summed E-state index contributed by atoms with van der Waals surface area (Å²) in [7, 11) is 0. The highest BCUT2D eigenvalue weighted by Crippen LogP contribution is 2.26. The molecule has 0 aliphatic rings. The monoisotopic (exact) mass is 196 g/mol. The molecule has 11 heavy (non-hydrogen) atoms. The Kier molecular flexibility index (Phi) is 2.39. The lowest BCUT2D eigenvalue weighted by Crippen LogP contribution is -1.91. The lowest BCUT2D eigenvalue weighted by atomic mass is 10.3. The molecule has 0 atom stereocenters. The first kappa shape index (κ1) is 8.80. The van der Waals surface area contributed by atoms with Gasteiger partial charge in [-0.15, -0.1) is 25.3 Å². The second-order valence-electron chi connectivity index (χ2n) is 1.85. The van der Waals surface area contributed by atoms with Crippen molar-refractivity contribution >= 4 is 25.3 Å². The van der Waals surface area contributed by atoms with Crippen LogP contribution in [0.15, 0.2) is 15.9 Å². The van der Waals surface area contributed by atoms with E-state index in [1.807, 2.05) is 0 Å². The van der Waals surface area contributed by atoms with Crippen LogP contribution in [0.5, 0.6) is 0 Å². The Morgan fingerprint density at radius 1 is 0.909 bits per heavy atom. The fourth-order valence-corrected chi connectivity index (χ4v) is 0.949. The molecule has 0 saturated heterocycles. The van der Waals surface area contributed by atoms with Crippen molar-refractivity contribution in [2.45, 2.75) is 9.79 Å². The minimum atomic E-state index is -1.26. The second kappa shape index (κ2) is 2.98. The van der Waals surface area contributed by atoms with E-state index in [4.69, 9.17) is 0 Å². The summed E-state index contributed by atoms with van der Waals surface area (Å²) in [5, 5.41) is 0. The standard InChI is InChI=1S/C6H3F3S2/c7-2-1-3(8)5(10)6(11)4(2)9/h1,10-11H. The highest BCUT2D eigenvalue weighted by atomic mass is 32.1. The molecule has 0 aliphatic heterocycles. The molecule has 0 spiro atoms. The molecule has 1 rings (SSSR count). The Labute approximate surface area is 72.2 Å². The molecule has 0 aliphatic carbocycles. The molecule has 0 nitrogen and oxygen atoms in total. The average molecular weight is 196 g/mol. The van der Waals surface area contributed by atoms with Crippen LogP contribution in [0.3, 0.4) is 0 Å². The third kappa shape index (κ3) is 1.49. The second-order valence-corrected chi connectivity index (χ2v) is 2.75. The van der Waals surface area contributed by atoms with Gasteiger partial charge < -0.3 is 0 Å². The van der Waals surface area contributed by atoms with Crippen LogP contribution in [0, 0.1) is 17.5 Å². The van der Waals surface area contributed by atoms with Gasteiger partial charge in [-0.2, -0.15) is 0 Å². The van der Waals surface area contributed by atoms with Crippen molar-refractivity contribution < 1.29 is 13.2 Å². The van der Waals surface area contributed by atoms with Crippen molar-refractivity contribution in [3.63, 3.8) is 0 Å². The molecule has 0 aromatic heterocycles. The van der Waals surface area contributed by atoms with Crippen molar-refractivity contribution in [2.75, 3.05) is 0 Å². The molecule has 0 amide bonds. The maximum Gasteiger partial charge on any atom is 0.173 e. The molecular weight excluding hydrogens is 193 g/mol. The zero-order chi connectivity index (χ0) is 8.59. The van der Waals surface area contributed by atoms with Crippen molar-refractivity contribution in [3.8, 4) is 0 Å². The lowest BCUT2D eigenvalue weighted by molar-refractivity contribution is 0.464. The van der Waals surface area contributed by atoms with E-state index >= 15 is 0 Å². The fraction of sp³-hybridized carbons (Fsp3) is 0. The molecule has 0 N–H and O–H groups in total. The molecule has 0 radical (unpaired) electrons. The van der Waals surface area contributed by atoms with Crippen LogP contribution in [0.1, 0.15) is 0 Å². The van der Waals surface area contributed by atoms with Crippen LogP contribution in [-0.2, 0) is 0 Å². The summed E-state index contributed by atoms with van der Waals surface area (Å²) >= 11 is 7.09.